The second-order valence-corrected chi connectivity index (χ2v) is 3.38. The van der Waals surface area contributed by atoms with Gasteiger partial charge in [0, 0.05) is 11.5 Å². The Hall–Kier alpha value is -1.37. The Morgan fingerprint density at radius 3 is 2.92 bits per heavy atom. The van der Waals surface area contributed by atoms with Gasteiger partial charge in [-0.2, -0.15) is 0 Å². The zero-order valence-electron chi connectivity index (χ0n) is 6.66. The monoisotopic (exact) mass is 200 g/mol. The van der Waals surface area contributed by atoms with Gasteiger partial charge in [-0.15, -0.1) is 0 Å². The van der Waals surface area contributed by atoms with Crippen molar-refractivity contribution in [3.8, 4) is 0 Å². The second-order valence-electron chi connectivity index (χ2n) is 2.36. The van der Waals surface area contributed by atoms with Crippen LogP contribution in [0.1, 0.15) is 6.42 Å². The first-order valence-corrected chi connectivity index (χ1v) is 4.43. The Bertz CT molecular complexity index is 299. The maximum absolute atomic E-state index is 10.8. The highest BCUT2D eigenvalue weighted by atomic mass is 32.2. The van der Waals surface area contributed by atoms with Gasteiger partial charge in [-0.25, -0.2) is 9.79 Å². The summed E-state index contributed by atoms with van der Waals surface area (Å²) >= 11 is 1.04. The summed E-state index contributed by atoms with van der Waals surface area (Å²) in [5, 5.41) is 8.90. The fourth-order valence-corrected chi connectivity index (χ4v) is 1.29. The molecule has 1 aliphatic rings. The molecule has 0 bridgehead atoms. The molecular formula is C6H8N4O2S. The standard InChI is InChI=1S/C6H8N4O2S/c7-5(8)13-2-3-1-4(11)10-6(12)9-3/h1-2H2,(H3,7,8)(H,10,11,12). The van der Waals surface area contributed by atoms with Crippen LogP contribution in [-0.2, 0) is 4.79 Å². The van der Waals surface area contributed by atoms with E-state index in [0.717, 1.165) is 11.8 Å². The number of amides is 3. The lowest BCUT2D eigenvalue weighted by atomic mass is 10.2. The Kier molecular flexibility index (Phi) is 3.02. The lowest BCUT2D eigenvalue weighted by molar-refractivity contribution is -0.118. The number of aliphatic imine (C=N–C) groups is 1. The molecule has 6 nitrogen and oxygen atoms in total. The summed E-state index contributed by atoms with van der Waals surface area (Å²) in [6, 6.07) is -0.643. The largest absolute Gasteiger partial charge is 0.379 e. The van der Waals surface area contributed by atoms with Crippen molar-refractivity contribution in [2.45, 2.75) is 6.42 Å². The Balaban J connectivity index is 2.54. The van der Waals surface area contributed by atoms with E-state index < -0.39 is 6.03 Å². The molecule has 1 heterocycles. The molecule has 1 rings (SSSR count). The highest BCUT2D eigenvalue weighted by molar-refractivity contribution is 8.14. The summed E-state index contributed by atoms with van der Waals surface area (Å²) in [4.78, 5) is 25.1. The van der Waals surface area contributed by atoms with E-state index in [-0.39, 0.29) is 17.5 Å². The molecule has 0 fully saturated rings. The van der Waals surface area contributed by atoms with Crippen molar-refractivity contribution in [2.75, 3.05) is 5.75 Å². The van der Waals surface area contributed by atoms with Crippen LogP contribution in [0.2, 0.25) is 0 Å². The molecule has 0 atom stereocenters. The van der Waals surface area contributed by atoms with Crippen LogP contribution in [0.3, 0.4) is 0 Å². The molecule has 1 aliphatic heterocycles. The molecule has 13 heavy (non-hydrogen) atoms. The smallest absolute Gasteiger partial charge is 0.347 e. The lowest BCUT2D eigenvalue weighted by Gasteiger charge is -2.09. The highest BCUT2D eigenvalue weighted by Gasteiger charge is 2.17. The zero-order valence-corrected chi connectivity index (χ0v) is 7.48. The number of thioether (sulfide) groups is 1. The molecule has 0 aromatic carbocycles. The van der Waals surface area contributed by atoms with E-state index in [0.29, 0.717) is 11.5 Å². The first kappa shape index (κ1) is 9.72. The number of hydrogen-bond donors (Lipinski definition) is 3. The van der Waals surface area contributed by atoms with E-state index in [1.807, 2.05) is 5.32 Å². The van der Waals surface area contributed by atoms with Gasteiger partial charge in [0.15, 0.2) is 5.17 Å². The van der Waals surface area contributed by atoms with Crippen LogP contribution in [0.4, 0.5) is 4.79 Å². The molecule has 4 N–H and O–H groups in total. The summed E-state index contributed by atoms with van der Waals surface area (Å²) in [5.74, 6) is -0.0479. The minimum atomic E-state index is -0.643. The van der Waals surface area contributed by atoms with E-state index in [2.05, 4.69) is 4.99 Å². The Morgan fingerprint density at radius 1 is 1.69 bits per heavy atom. The van der Waals surface area contributed by atoms with E-state index in [9.17, 15) is 9.59 Å². The van der Waals surface area contributed by atoms with Crippen molar-refractivity contribution in [1.82, 2.24) is 5.32 Å². The van der Waals surface area contributed by atoms with Gasteiger partial charge >= 0.3 is 6.03 Å². The normalized spacial score (nSPS) is 16.5. The third kappa shape index (κ3) is 3.24. The third-order valence-electron chi connectivity index (χ3n) is 1.26. The van der Waals surface area contributed by atoms with Gasteiger partial charge in [0.05, 0.1) is 6.42 Å². The molecule has 0 aliphatic carbocycles. The maximum atomic E-state index is 10.8. The quantitative estimate of drug-likeness (QED) is 0.419. The van der Waals surface area contributed by atoms with Crippen LogP contribution >= 0.6 is 11.8 Å². The van der Waals surface area contributed by atoms with Gasteiger partial charge in [0.1, 0.15) is 0 Å². The van der Waals surface area contributed by atoms with Crippen LogP contribution in [0.5, 0.6) is 0 Å². The van der Waals surface area contributed by atoms with Crippen molar-refractivity contribution >= 4 is 34.6 Å². The predicted molar refractivity (Wildman–Crippen MR) is 50.0 cm³/mol. The zero-order chi connectivity index (χ0) is 9.84. The summed E-state index contributed by atoms with van der Waals surface area (Å²) in [6.45, 7) is 0. The maximum Gasteiger partial charge on any atom is 0.347 e. The number of hydrogen-bond acceptors (Lipinski definition) is 4. The Morgan fingerprint density at radius 2 is 2.38 bits per heavy atom. The first-order valence-electron chi connectivity index (χ1n) is 3.45. The van der Waals surface area contributed by atoms with Crippen LogP contribution in [0, 0.1) is 5.41 Å². The number of nitrogens with two attached hydrogens (primary N) is 1. The lowest BCUT2D eigenvalue weighted by Crippen LogP contribution is -2.35. The number of carbonyl (C=O) groups is 2. The molecule has 3 amide bonds. The molecular weight excluding hydrogens is 192 g/mol. The van der Waals surface area contributed by atoms with Gasteiger partial charge in [-0.3, -0.25) is 15.5 Å². The summed E-state index contributed by atoms with van der Waals surface area (Å²) in [5.41, 5.74) is 5.54. The van der Waals surface area contributed by atoms with E-state index in [4.69, 9.17) is 11.1 Å². The molecule has 0 spiro atoms. The van der Waals surface area contributed by atoms with Crippen molar-refractivity contribution in [3.63, 3.8) is 0 Å². The molecule has 0 radical (unpaired) electrons. The number of urea groups is 1. The predicted octanol–water partition coefficient (Wildman–Crippen LogP) is -0.306. The van der Waals surface area contributed by atoms with Crippen molar-refractivity contribution in [1.29, 1.82) is 5.41 Å². The summed E-state index contributed by atoms with van der Waals surface area (Å²) in [7, 11) is 0. The molecule has 0 saturated carbocycles. The van der Waals surface area contributed by atoms with Crippen molar-refractivity contribution in [3.05, 3.63) is 0 Å². The highest BCUT2D eigenvalue weighted by Crippen LogP contribution is 2.05. The number of nitrogens with zero attached hydrogens (tertiary/aromatic N) is 1. The van der Waals surface area contributed by atoms with Gasteiger partial charge in [-0.1, -0.05) is 11.8 Å². The van der Waals surface area contributed by atoms with Gasteiger partial charge in [-0.05, 0) is 0 Å². The van der Waals surface area contributed by atoms with E-state index in [1.54, 1.807) is 0 Å². The molecule has 7 heteroatoms. The number of nitrogens with one attached hydrogen (secondary N) is 2. The van der Waals surface area contributed by atoms with Crippen molar-refractivity contribution in [2.24, 2.45) is 10.7 Å². The van der Waals surface area contributed by atoms with E-state index >= 15 is 0 Å². The van der Waals surface area contributed by atoms with Crippen LogP contribution in [0.15, 0.2) is 4.99 Å². The minimum Gasteiger partial charge on any atom is -0.379 e. The van der Waals surface area contributed by atoms with Crippen molar-refractivity contribution < 1.29 is 9.59 Å². The van der Waals surface area contributed by atoms with Gasteiger partial charge in [0.2, 0.25) is 5.91 Å². The third-order valence-corrected chi connectivity index (χ3v) is 2.05. The topological polar surface area (TPSA) is 108 Å². The molecule has 70 valence electrons. The summed E-state index contributed by atoms with van der Waals surface area (Å²) in [6.07, 6.45) is 0.103. The van der Waals surface area contributed by atoms with Crippen LogP contribution in [0.25, 0.3) is 0 Å². The average molecular weight is 200 g/mol. The molecule has 0 saturated heterocycles. The SMILES string of the molecule is N=C(N)SCC1=NC(=O)NC(=O)C1. The van der Waals surface area contributed by atoms with Crippen LogP contribution in [-0.4, -0.2) is 28.6 Å². The summed E-state index contributed by atoms with van der Waals surface area (Å²) < 4.78 is 0. The first-order chi connectivity index (χ1) is 6.08. The minimum absolute atomic E-state index is 0.0545. The number of carbonyl (C=O) groups excluding carboxylic acids is 2. The number of amidine groups is 1. The number of imide groups is 1. The fraction of sp³-hybridized carbons (Fsp3) is 0.333. The second kappa shape index (κ2) is 4.04. The molecule has 0 aromatic rings. The molecule has 0 unspecified atom stereocenters. The average Bonchev–Trinajstić information content (AvgIpc) is 1.99. The number of rotatable bonds is 2. The Labute approximate surface area is 78.5 Å². The van der Waals surface area contributed by atoms with Crippen LogP contribution < -0.4 is 11.1 Å². The van der Waals surface area contributed by atoms with Gasteiger partial charge < -0.3 is 5.73 Å². The van der Waals surface area contributed by atoms with Gasteiger partial charge in [0.25, 0.3) is 0 Å². The van der Waals surface area contributed by atoms with E-state index in [1.165, 1.54) is 0 Å². The molecule has 0 aromatic heterocycles. The fourth-order valence-electron chi connectivity index (χ4n) is 0.804.